The second-order valence-corrected chi connectivity index (χ2v) is 8.09. The monoisotopic (exact) mass is 394 g/mol. The largest absolute Gasteiger partial charge is 0.368 e. The topological polar surface area (TPSA) is 40.6 Å². The number of anilines is 1. The average Bonchev–Trinajstić information content (AvgIpc) is 2.64. The van der Waals surface area contributed by atoms with Gasteiger partial charge in [-0.05, 0) is 42.0 Å². The molecule has 0 bridgehead atoms. The third-order valence-corrected chi connectivity index (χ3v) is 5.83. The number of hydrogen-bond donors (Lipinski definition) is 0. The lowest BCUT2D eigenvalue weighted by molar-refractivity contribution is -0.128. The van der Waals surface area contributed by atoms with E-state index in [1.807, 2.05) is 12.1 Å². The molecule has 0 unspecified atom stereocenters. The Morgan fingerprint density at radius 1 is 1.00 bits per heavy atom. The lowest BCUT2D eigenvalue weighted by Gasteiger charge is -2.36. The molecule has 7 heteroatoms. The molecule has 0 aliphatic carbocycles. The quantitative estimate of drug-likeness (QED) is 0.782. The minimum atomic E-state index is -1.25. The Bertz CT molecular complexity index is 775. The Balaban J connectivity index is 1.48. The summed E-state index contributed by atoms with van der Waals surface area (Å²) >= 11 is 5.84. The Kier molecular flexibility index (Phi) is 6.27. The molecule has 26 heavy (non-hydrogen) atoms. The van der Waals surface area contributed by atoms with Crippen LogP contribution in [0.5, 0.6) is 0 Å². The standard InChI is InChI=1S/C19H20ClFN2O2S/c20-16-3-1-15(2-4-16)13-26(25)14-19(24)23-11-9-22(10-12-23)18-7-5-17(21)6-8-18/h1-8H,9-14H2/t26-/m1/s1. The summed E-state index contributed by atoms with van der Waals surface area (Å²) < 4.78 is 25.3. The number of carbonyl (C=O) groups excluding carboxylic acids is 1. The van der Waals surface area contributed by atoms with Crippen molar-refractivity contribution in [3.05, 3.63) is 64.9 Å². The van der Waals surface area contributed by atoms with Gasteiger partial charge in [-0.1, -0.05) is 23.7 Å². The Hall–Kier alpha value is -1.92. The number of amides is 1. The van der Waals surface area contributed by atoms with Gasteiger partial charge in [-0.3, -0.25) is 9.00 Å². The minimum Gasteiger partial charge on any atom is -0.368 e. The highest BCUT2D eigenvalue weighted by molar-refractivity contribution is 7.84. The SMILES string of the molecule is O=C(C[S@](=O)Cc1ccc(Cl)cc1)N1CCN(c2ccc(F)cc2)CC1. The van der Waals surface area contributed by atoms with Crippen molar-refractivity contribution in [3.8, 4) is 0 Å². The van der Waals surface area contributed by atoms with Gasteiger partial charge in [0.1, 0.15) is 11.6 Å². The number of nitrogens with zero attached hydrogens (tertiary/aromatic N) is 2. The van der Waals surface area contributed by atoms with Gasteiger partial charge in [0.25, 0.3) is 0 Å². The van der Waals surface area contributed by atoms with Crippen LogP contribution in [0.15, 0.2) is 48.5 Å². The van der Waals surface area contributed by atoms with Gasteiger partial charge in [-0.2, -0.15) is 0 Å². The molecule has 0 saturated carbocycles. The molecule has 0 radical (unpaired) electrons. The number of halogens is 2. The summed E-state index contributed by atoms with van der Waals surface area (Å²) in [5, 5.41) is 0.634. The molecule has 2 aromatic carbocycles. The van der Waals surface area contributed by atoms with E-state index in [9.17, 15) is 13.4 Å². The van der Waals surface area contributed by atoms with E-state index in [0.29, 0.717) is 37.0 Å². The highest BCUT2D eigenvalue weighted by Crippen LogP contribution is 2.17. The molecule has 0 aromatic heterocycles. The predicted octanol–water partition coefficient (Wildman–Crippen LogP) is 3.08. The maximum Gasteiger partial charge on any atom is 0.235 e. The molecule has 1 heterocycles. The molecule has 1 atom stereocenters. The first kappa shape index (κ1) is 18.9. The van der Waals surface area contributed by atoms with Crippen molar-refractivity contribution in [3.63, 3.8) is 0 Å². The van der Waals surface area contributed by atoms with Crippen molar-refractivity contribution < 1.29 is 13.4 Å². The first-order chi connectivity index (χ1) is 12.5. The number of piperazine rings is 1. The zero-order valence-electron chi connectivity index (χ0n) is 14.2. The van der Waals surface area contributed by atoms with Crippen LogP contribution in [0.1, 0.15) is 5.56 Å². The van der Waals surface area contributed by atoms with E-state index in [0.717, 1.165) is 11.3 Å². The van der Waals surface area contributed by atoms with Gasteiger partial charge in [0.15, 0.2) is 0 Å². The summed E-state index contributed by atoms with van der Waals surface area (Å²) in [4.78, 5) is 16.3. The predicted molar refractivity (Wildman–Crippen MR) is 103 cm³/mol. The van der Waals surface area contributed by atoms with Gasteiger partial charge < -0.3 is 9.80 Å². The summed E-state index contributed by atoms with van der Waals surface area (Å²) in [6.45, 7) is 2.52. The van der Waals surface area contributed by atoms with Gasteiger partial charge in [-0.25, -0.2) is 4.39 Å². The number of rotatable bonds is 5. The van der Waals surface area contributed by atoms with E-state index in [-0.39, 0.29) is 17.5 Å². The molecule has 1 aliphatic heterocycles. The van der Waals surface area contributed by atoms with Crippen LogP contribution in [-0.2, 0) is 21.3 Å². The van der Waals surface area contributed by atoms with Crippen molar-refractivity contribution >= 4 is 34.0 Å². The summed E-state index contributed by atoms with van der Waals surface area (Å²) in [5.74, 6) is 0.0271. The van der Waals surface area contributed by atoms with Gasteiger partial charge in [0.05, 0.1) is 0 Å². The second kappa shape index (κ2) is 8.64. The van der Waals surface area contributed by atoms with Crippen molar-refractivity contribution in [1.29, 1.82) is 0 Å². The highest BCUT2D eigenvalue weighted by atomic mass is 35.5. The molecule has 1 amide bonds. The molecule has 4 nitrogen and oxygen atoms in total. The van der Waals surface area contributed by atoms with E-state index in [1.54, 1.807) is 29.2 Å². The Labute approximate surface area is 160 Å². The van der Waals surface area contributed by atoms with Crippen LogP contribution in [0.25, 0.3) is 0 Å². The van der Waals surface area contributed by atoms with Crippen LogP contribution in [0, 0.1) is 5.82 Å². The summed E-state index contributed by atoms with van der Waals surface area (Å²) in [7, 11) is -1.25. The van der Waals surface area contributed by atoms with Crippen LogP contribution >= 0.6 is 11.6 Å². The normalized spacial score (nSPS) is 15.8. The summed E-state index contributed by atoms with van der Waals surface area (Å²) in [6, 6.07) is 13.5. The summed E-state index contributed by atoms with van der Waals surface area (Å²) in [5.41, 5.74) is 1.85. The fraction of sp³-hybridized carbons (Fsp3) is 0.316. The molecule has 1 fully saturated rings. The molecule has 3 rings (SSSR count). The first-order valence-electron chi connectivity index (χ1n) is 8.39. The van der Waals surface area contributed by atoms with Gasteiger partial charge in [-0.15, -0.1) is 0 Å². The molecule has 0 N–H and O–H groups in total. The third-order valence-electron chi connectivity index (χ3n) is 4.35. The number of hydrogen-bond acceptors (Lipinski definition) is 3. The van der Waals surface area contributed by atoms with Crippen LogP contribution in [-0.4, -0.2) is 46.9 Å². The van der Waals surface area contributed by atoms with Crippen LogP contribution < -0.4 is 4.90 Å². The van der Waals surface area contributed by atoms with E-state index in [2.05, 4.69) is 4.90 Å². The lowest BCUT2D eigenvalue weighted by Crippen LogP contribution is -2.50. The van der Waals surface area contributed by atoms with Crippen molar-refractivity contribution in [2.75, 3.05) is 36.8 Å². The van der Waals surface area contributed by atoms with E-state index < -0.39 is 10.8 Å². The van der Waals surface area contributed by atoms with Gasteiger partial charge >= 0.3 is 0 Å². The van der Waals surface area contributed by atoms with Gasteiger partial charge in [0.2, 0.25) is 5.91 Å². The Morgan fingerprint density at radius 2 is 1.62 bits per heavy atom. The minimum absolute atomic E-state index is 0.0270. The van der Waals surface area contributed by atoms with Gasteiger partial charge in [0, 0.05) is 53.4 Å². The smallest absolute Gasteiger partial charge is 0.235 e. The highest BCUT2D eigenvalue weighted by Gasteiger charge is 2.22. The fourth-order valence-corrected chi connectivity index (χ4v) is 4.16. The second-order valence-electron chi connectivity index (χ2n) is 6.20. The van der Waals surface area contributed by atoms with E-state index >= 15 is 0 Å². The third kappa shape index (κ3) is 5.05. The zero-order valence-corrected chi connectivity index (χ0v) is 15.8. The van der Waals surface area contributed by atoms with Crippen molar-refractivity contribution in [2.45, 2.75) is 5.75 Å². The number of carbonyl (C=O) groups is 1. The Morgan fingerprint density at radius 3 is 2.23 bits per heavy atom. The summed E-state index contributed by atoms with van der Waals surface area (Å²) in [6.07, 6.45) is 0. The number of benzene rings is 2. The molecule has 0 spiro atoms. The molecular formula is C19H20ClFN2O2S. The zero-order chi connectivity index (χ0) is 18.5. The first-order valence-corrected chi connectivity index (χ1v) is 10.3. The fourth-order valence-electron chi connectivity index (χ4n) is 2.91. The van der Waals surface area contributed by atoms with Crippen LogP contribution in [0.3, 0.4) is 0 Å². The van der Waals surface area contributed by atoms with Crippen molar-refractivity contribution in [1.82, 2.24) is 4.90 Å². The molecule has 2 aromatic rings. The average molecular weight is 395 g/mol. The maximum atomic E-state index is 13.0. The molecule has 1 aliphatic rings. The molecular weight excluding hydrogens is 375 g/mol. The van der Waals surface area contributed by atoms with Crippen LogP contribution in [0.2, 0.25) is 5.02 Å². The maximum absolute atomic E-state index is 13.0. The molecule has 138 valence electrons. The van der Waals surface area contributed by atoms with E-state index in [1.165, 1.54) is 12.1 Å². The lowest BCUT2D eigenvalue weighted by atomic mass is 10.2. The molecule has 1 saturated heterocycles. The van der Waals surface area contributed by atoms with Crippen LogP contribution in [0.4, 0.5) is 10.1 Å². The van der Waals surface area contributed by atoms with E-state index in [4.69, 9.17) is 11.6 Å². The van der Waals surface area contributed by atoms with Crippen molar-refractivity contribution in [2.24, 2.45) is 0 Å².